The minimum Gasteiger partial charge on any atom is -0.492 e. The third-order valence-corrected chi connectivity index (χ3v) is 2.56. The molecule has 1 rings (SSSR count). The second-order valence-electron chi connectivity index (χ2n) is 5.34. The van der Waals surface area contributed by atoms with Gasteiger partial charge >= 0.3 is 0 Å². The monoisotopic (exact) mass is 263 g/mol. The van der Waals surface area contributed by atoms with Gasteiger partial charge in [0, 0.05) is 17.6 Å². The highest BCUT2D eigenvalue weighted by Crippen LogP contribution is 2.31. The summed E-state index contributed by atoms with van der Waals surface area (Å²) in [6.45, 7) is 9.88. The van der Waals surface area contributed by atoms with E-state index in [4.69, 9.17) is 9.47 Å². The van der Waals surface area contributed by atoms with E-state index in [-0.39, 0.29) is 5.54 Å². The lowest BCUT2D eigenvalue weighted by atomic mass is 10.1. The third kappa shape index (κ3) is 5.35. The second kappa shape index (κ2) is 7.19. The van der Waals surface area contributed by atoms with Crippen molar-refractivity contribution in [2.24, 2.45) is 0 Å². The summed E-state index contributed by atoms with van der Waals surface area (Å²) in [5.74, 6) is 1.58. The number of rotatable bonds is 6. The molecule has 0 spiro atoms. The number of ether oxygens (including phenoxy) is 2. The molecular weight excluding hydrogens is 238 g/mol. The van der Waals surface area contributed by atoms with Crippen LogP contribution in [0.15, 0.2) is 24.3 Å². The van der Waals surface area contributed by atoms with Gasteiger partial charge in [0.15, 0.2) is 11.5 Å². The average Bonchev–Trinajstić information content (AvgIpc) is 2.34. The van der Waals surface area contributed by atoms with Crippen LogP contribution in [-0.4, -0.2) is 25.8 Å². The molecule has 0 heterocycles. The van der Waals surface area contributed by atoms with Gasteiger partial charge in [0.05, 0.1) is 13.7 Å². The average molecular weight is 263 g/mol. The molecule has 106 valence electrons. The molecule has 0 aliphatic heterocycles. The number of hydrogen-bond acceptors (Lipinski definition) is 3. The van der Waals surface area contributed by atoms with Crippen LogP contribution in [0.1, 0.15) is 33.3 Å². The van der Waals surface area contributed by atoms with Gasteiger partial charge in [0.25, 0.3) is 0 Å². The van der Waals surface area contributed by atoms with Gasteiger partial charge in [0.1, 0.15) is 0 Å². The minimum atomic E-state index is 0.127. The Bertz CT molecular complexity index is 419. The maximum absolute atomic E-state index is 5.55. The van der Waals surface area contributed by atoms with E-state index >= 15 is 0 Å². The van der Waals surface area contributed by atoms with E-state index in [0.29, 0.717) is 6.61 Å². The summed E-state index contributed by atoms with van der Waals surface area (Å²) >= 11 is 0. The summed E-state index contributed by atoms with van der Waals surface area (Å²) in [6.07, 6.45) is 4.15. The van der Waals surface area contributed by atoms with Gasteiger partial charge in [-0.25, -0.2) is 0 Å². The summed E-state index contributed by atoms with van der Waals surface area (Å²) in [5, 5.41) is 3.41. The zero-order valence-electron chi connectivity index (χ0n) is 12.6. The van der Waals surface area contributed by atoms with Crippen molar-refractivity contribution in [3.63, 3.8) is 0 Å². The summed E-state index contributed by atoms with van der Waals surface area (Å²) in [7, 11) is 1.67. The lowest BCUT2D eigenvalue weighted by molar-refractivity contribution is 0.310. The molecule has 0 saturated heterocycles. The lowest BCUT2D eigenvalue weighted by Crippen LogP contribution is -2.35. The van der Waals surface area contributed by atoms with E-state index in [1.54, 1.807) is 7.11 Å². The van der Waals surface area contributed by atoms with Gasteiger partial charge in [-0.3, -0.25) is 0 Å². The first kappa shape index (κ1) is 15.6. The minimum absolute atomic E-state index is 0.127. The van der Waals surface area contributed by atoms with Crippen LogP contribution < -0.4 is 14.8 Å². The van der Waals surface area contributed by atoms with Crippen LogP contribution in [0.25, 0.3) is 6.08 Å². The van der Waals surface area contributed by atoms with Gasteiger partial charge in [-0.05, 0) is 33.8 Å². The van der Waals surface area contributed by atoms with Gasteiger partial charge in [-0.1, -0.05) is 24.3 Å². The fourth-order valence-corrected chi connectivity index (χ4v) is 1.70. The van der Waals surface area contributed by atoms with Gasteiger partial charge in [0.2, 0.25) is 0 Å². The van der Waals surface area contributed by atoms with E-state index in [2.05, 4.69) is 38.2 Å². The largest absolute Gasteiger partial charge is 0.492 e. The Morgan fingerprint density at radius 3 is 2.58 bits per heavy atom. The molecule has 3 nitrogen and oxygen atoms in total. The van der Waals surface area contributed by atoms with Crippen LogP contribution in [0.5, 0.6) is 11.5 Å². The Hall–Kier alpha value is -1.48. The predicted octanol–water partition coefficient (Wildman–Crippen LogP) is 3.50. The van der Waals surface area contributed by atoms with Crippen LogP contribution >= 0.6 is 0 Å². The zero-order chi connectivity index (χ0) is 14.3. The maximum Gasteiger partial charge on any atom is 0.167 e. The Morgan fingerprint density at radius 2 is 2.00 bits per heavy atom. The Kier molecular flexibility index (Phi) is 5.90. The molecular formula is C16H25NO2. The van der Waals surface area contributed by atoms with Crippen molar-refractivity contribution in [2.45, 2.75) is 33.2 Å². The van der Waals surface area contributed by atoms with Crippen LogP contribution in [0.3, 0.4) is 0 Å². The lowest BCUT2D eigenvalue weighted by Gasteiger charge is -2.19. The first-order valence-corrected chi connectivity index (χ1v) is 6.69. The van der Waals surface area contributed by atoms with Crippen LogP contribution in [-0.2, 0) is 0 Å². The zero-order valence-corrected chi connectivity index (χ0v) is 12.6. The van der Waals surface area contributed by atoms with Crippen molar-refractivity contribution in [3.05, 3.63) is 29.8 Å². The second-order valence-corrected chi connectivity index (χ2v) is 5.34. The standard InChI is InChI=1S/C16H25NO2/c1-6-19-14-11-7-9-13(15(14)18-5)10-8-12-17-16(2,3)4/h7-11,17H,6,12H2,1-5H3. The molecule has 0 atom stereocenters. The van der Waals surface area contributed by atoms with Crippen molar-refractivity contribution < 1.29 is 9.47 Å². The smallest absolute Gasteiger partial charge is 0.167 e. The first-order chi connectivity index (χ1) is 8.98. The molecule has 0 saturated carbocycles. The fourth-order valence-electron chi connectivity index (χ4n) is 1.70. The molecule has 0 aliphatic rings. The van der Waals surface area contributed by atoms with Crippen molar-refractivity contribution >= 4 is 6.08 Å². The van der Waals surface area contributed by atoms with E-state index in [9.17, 15) is 0 Å². The molecule has 0 bridgehead atoms. The third-order valence-electron chi connectivity index (χ3n) is 2.56. The molecule has 19 heavy (non-hydrogen) atoms. The number of hydrogen-bond donors (Lipinski definition) is 1. The molecule has 0 radical (unpaired) electrons. The van der Waals surface area contributed by atoms with E-state index < -0.39 is 0 Å². The Balaban J connectivity index is 2.77. The highest BCUT2D eigenvalue weighted by atomic mass is 16.5. The summed E-state index contributed by atoms with van der Waals surface area (Å²) < 4.78 is 11.0. The topological polar surface area (TPSA) is 30.5 Å². The number of methoxy groups -OCH3 is 1. The summed E-state index contributed by atoms with van der Waals surface area (Å²) in [4.78, 5) is 0. The van der Waals surface area contributed by atoms with E-state index in [0.717, 1.165) is 23.6 Å². The maximum atomic E-state index is 5.55. The summed E-state index contributed by atoms with van der Waals surface area (Å²) in [5.41, 5.74) is 1.16. The highest BCUT2D eigenvalue weighted by molar-refractivity contribution is 5.62. The fraction of sp³-hybridized carbons (Fsp3) is 0.500. The van der Waals surface area contributed by atoms with Crippen molar-refractivity contribution in [2.75, 3.05) is 20.3 Å². The molecule has 1 N–H and O–H groups in total. The van der Waals surface area contributed by atoms with E-state index in [1.807, 2.05) is 25.1 Å². The highest BCUT2D eigenvalue weighted by Gasteiger charge is 2.08. The molecule has 3 heteroatoms. The van der Waals surface area contributed by atoms with Gasteiger partial charge < -0.3 is 14.8 Å². The molecule has 0 unspecified atom stereocenters. The summed E-state index contributed by atoms with van der Waals surface area (Å²) in [6, 6.07) is 5.92. The number of benzene rings is 1. The molecule has 0 amide bonds. The number of nitrogens with one attached hydrogen (secondary N) is 1. The predicted molar refractivity (Wildman–Crippen MR) is 81.0 cm³/mol. The van der Waals surface area contributed by atoms with Gasteiger partial charge in [-0.2, -0.15) is 0 Å². The number of para-hydroxylation sites is 1. The van der Waals surface area contributed by atoms with E-state index in [1.165, 1.54) is 0 Å². The molecule has 0 aliphatic carbocycles. The van der Waals surface area contributed by atoms with Crippen molar-refractivity contribution in [1.29, 1.82) is 0 Å². The van der Waals surface area contributed by atoms with Gasteiger partial charge in [-0.15, -0.1) is 0 Å². The van der Waals surface area contributed by atoms with Crippen LogP contribution in [0, 0.1) is 0 Å². The normalized spacial score (nSPS) is 11.8. The molecule has 0 fully saturated rings. The Morgan fingerprint density at radius 1 is 1.26 bits per heavy atom. The molecule has 1 aromatic rings. The first-order valence-electron chi connectivity index (χ1n) is 6.69. The molecule has 0 aromatic heterocycles. The van der Waals surface area contributed by atoms with Crippen LogP contribution in [0.2, 0.25) is 0 Å². The van der Waals surface area contributed by atoms with Crippen molar-refractivity contribution in [3.8, 4) is 11.5 Å². The van der Waals surface area contributed by atoms with Crippen LogP contribution in [0.4, 0.5) is 0 Å². The SMILES string of the molecule is CCOc1cccc(C=CCNC(C)(C)C)c1OC. The Labute approximate surface area is 116 Å². The van der Waals surface area contributed by atoms with Crippen molar-refractivity contribution in [1.82, 2.24) is 5.32 Å². The molecule has 1 aromatic carbocycles. The quantitative estimate of drug-likeness (QED) is 0.852.